The number of anilines is 1. The molecule has 1 amide bonds. The van der Waals surface area contributed by atoms with Crippen molar-refractivity contribution in [2.24, 2.45) is 0 Å². The smallest absolute Gasteiger partial charge is 0.225 e. The van der Waals surface area contributed by atoms with E-state index in [2.05, 4.69) is 21.2 Å². The minimum absolute atomic E-state index is 0.0373. The lowest BCUT2D eigenvalue weighted by molar-refractivity contribution is -0.116. The number of rotatable bonds is 4. The molecule has 1 heterocycles. The third-order valence-corrected chi connectivity index (χ3v) is 4.68. The third kappa shape index (κ3) is 2.82. The fourth-order valence-electron chi connectivity index (χ4n) is 3.10. The van der Waals surface area contributed by atoms with Crippen LogP contribution in [-0.4, -0.2) is 27.2 Å². The maximum atomic E-state index is 12.2. The second kappa shape index (κ2) is 6.73. The van der Waals surface area contributed by atoms with Crippen molar-refractivity contribution in [3.8, 4) is 17.2 Å². The van der Waals surface area contributed by atoms with Crippen molar-refractivity contribution in [3.05, 3.63) is 45.9 Å². The first-order valence-corrected chi connectivity index (χ1v) is 8.26. The van der Waals surface area contributed by atoms with Gasteiger partial charge in [-0.25, -0.2) is 0 Å². The van der Waals surface area contributed by atoms with Gasteiger partial charge in [0.2, 0.25) is 11.7 Å². The molecule has 5 nitrogen and oxygen atoms in total. The molecule has 24 heavy (non-hydrogen) atoms. The Morgan fingerprint density at radius 3 is 2.29 bits per heavy atom. The van der Waals surface area contributed by atoms with Crippen molar-refractivity contribution in [1.82, 2.24) is 0 Å². The van der Waals surface area contributed by atoms with Gasteiger partial charge in [0.25, 0.3) is 0 Å². The summed E-state index contributed by atoms with van der Waals surface area (Å²) >= 11 is 3.44. The first-order valence-electron chi connectivity index (χ1n) is 7.47. The van der Waals surface area contributed by atoms with E-state index in [1.807, 2.05) is 24.3 Å². The van der Waals surface area contributed by atoms with Crippen LogP contribution in [0.1, 0.15) is 23.5 Å². The number of hydrogen-bond donors (Lipinski definition) is 1. The monoisotopic (exact) mass is 391 g/mol. The molecule has 126 valence electrons. The minimum atomic E-state index is -0.114. The van der Waals surface area contributed by atoms with Gasteiger partial charge in [-0.3, -0.25) is 4.79 Å². The van der Waals surface area contributed by atoms with Gasteiger partial charge in [0.15, 0.2) is 11.5 Å². The summed E-state index contributed by atoms with van der Waals surface area (Å²) < 4.78 is 17.5. The zero-order valence-corrected chi connectivity index (χ0v) is 15.3. The van der Waals surface area contributed by atoms with Gasteiger partial charge in [-0.2, -0.15) is 0 Å². The summed E-state index contributed by atoms with van der Waals surface area (Å²) in [6.45, 7) is 0. The quantitative estimate of drug-likeness (QED) is 0.856. The molecule has 0 aromatic heterocycles. The zero-order valence-electron chi connectivity index (χ0n) is 13.7. The molecule has 1 atom stereocenters. The van der Waals surface area contributed by atoms with Crippen molar-refractivity contribution in [2.45, 2.75) is 12.3 Å². The molecular formula is C18H18BrNO4. The van der Waals surface area contributed by atoms with E-state index in [9.17, 15) is 4.79 Å². The van der Waals surface area contributed by atoms with Crippen molar-refractivity contribution in [3.63, 3.8) is 0 Å². The Morgan fingerprint density at radius 1 is 1.04 bits per heavy atom. The lowest BCUT2D eigenvalue weighted by atomic mass is 9.84. The number of amides is 1. The lowest BCUT2D eigenvalue weighted by Crippen LogP contribution is -2.24. The van der Waals surface area contributed by atoms with Gasteiger partial charge < -0.3 is 19.5 Å². The van der Waals surface area contributed by atoms with Crippen LogP contribution in [0.5, 0.6) is 17.2 Å². The van der Waals surface area contributed by atoms with Gasteiger partial charge >= 0.3 is 0 Å². The number of halogens is 1. The summed E-state index contributed by atoms with van der Waals surface area (Å²) in [6, 6.07) is 9.73. The van der Waals surface area contributed by atoms with E-state index in [0.717, 1.165) is 15.6 Å². The molecular weight excluding hydrogens is 374 g/mol. The highest BCUT2D eigenvalue weighted by Gasteiger charge is 2.33. The summed E-state index contributed by atoms with van der Waals surface area (Å²) in [7, 11) is 4.72. The summed E-state index contributed by atoms with van der Waals surface area (Å²) in [5, 5.41) is 2.91. The largest absolute Gasteiger partial charge is 0.493 e. The summed E-state index contributed by atoms with van der Waals surface area (Å²) in [5.41, 5.74) is 2.63. The van der Waals surface area contributed by atoms with Gasteiger partial charge in [0.1, 0.15) is 0 Å². The van der Waals surface area contributed by atoms with E-state index in [4.69, 9.17) is 14.2 Å². The molecule has 0 unspecified atom stereocenters. The Kier molecular flexibility index (Phi) is 4.66. The molecule has 1 aliphatic rings. The zero-order chi connectivity index (χ0) is 17.3. The standard InChI is InChI=1S/C18H18BrNO4/c1-22-14-9-13-16(18(24-3)17(14)23-2)12(8-15(21)20-13)10-4-6-11(19)7-5-10/h4-7,9,12H,8H2,1-3H3,(H,20,21)/t12-/m0/s1. The molecule has 0 aliphatic carbocycles. The number of fused-ring (bicyclic) bond motifs is 1. The van der Waals surface area contributed by atoms with E-state index in [1.165, 1.54) is 0 Å². The fraction of sp³-hybridized carbons (Fsp3) is 0.278. The van der Waals surface area contributed by atoms with Gasteiger partial charge in [0, 0.05) is 28.4 Å². The van der Waals surface area contributed by atoms with Crippen LogP contribution in [0.4, 0.5) is 5.69 Å². The Bertz CT molecular complexity index is 774. The Morgan fingerprint density at radius 2 is 1.71 bits per heavy atom. The van der Waals surface area contributed by atoms with E-state index < -0.39 is 0 Å². The van der Waals surface area contributed by atoms with Crippen LogP contribution in [0.3, 0.4) is 0 Å². The van der Waals surface area contributed by atoms with Crippen molar-refractivity contribution in [1.29, 1.82) is 0 Å². The Hall–Kier alpha value is -2.21. The lowest BCUT2D eigenvalue weighted by Gasteiger charge is -2.29. The summed E-state index contributed by atoms with van der Waals surface area (Å²) in [5.74, 6) is 1.47. The number of methoxy groups -OCH3 is 3. The van der Waals surface area contributed by atoms with E-state index >= 15 is 0 Å². The predicted molar refractivity (Wildman–Crippen MR) is 95.3 cm³/mol. The van der Waals surface area contributed by atoms with Crippen molar-refractivity contribution < 1.29 is 19.0 Å². The highest BCUT2D eigenvalue weighted by Crippen LogP contribution is 2.51. The van der Waals surface area contributed by atoms with Crippen LogP contribution in [0.2, 0.25) is 0 Å². The van der Waals surface area contributed by atoms with Gasteiger partial charge in [-0.05, 0) is 17.7 Å². The maximum absolute atomic E-state index is 12.2. The average Bonchev–Trinajstić information content (AvgIpc) is 2.59. The molecule has 1 N–H and O–H groups in total. The first-order chi connectivity index (χ1) is 11.6. The summed E-state index contributed by atoms with van der Waals surface area (Å²) in [6.07, 6.45) is 0.348. The number of ether oxygens (including phenoxy) is 3. The van der Waals surface area contributed by atoms with E-state index in [1.54, 1.807) is 27.4 Å². The first kappa shape index (κ1) is 16.6. The van der Waals surface area contributed by atoms with Crippen LogP contribution in [0.25, 0.3) is 0 Å². The topological polar surface area (TPSA) is 56.8 Å². The predicted octanol–water partition coefficient (Wildman–Crippen LogP) is 3.95. The highest BCUT2D eigenvalue weighted by atomic mass is 79.9. The number of hydrogen-bond acceptors (Lipinski definition) is 4. The van der Waals surface area contributed by atoms with Crippen LogP contribution in [0.15, 0.2) is 34.8 Å². The molecule has 0 saturated heterocycles. The molecule has 2 aromatic rings. The van der Waals surface area contributed by atoms with Crippen LogP contribution in [-0.2, 0) is 4.79 Å². The molecule has 2 aromatic carbocycles. The summed E-state index contributed by atoms with van der Waals surface area (Å²) in [4.78, 5) is 12.2. The van der Waals surface area contributed by atoms with Crippen LogP contribution >= 0.6 is 15.9 Å². The molecule has 6 heteroatoms. The normalized spacial score (nSPS) is 16.2. The number of benzene rings is 2. The number of carbonyl (C=O) groups excluding carboxylic acids is 1. The molecule has 3 rings (SSSR count). The van der Waals surface area contributed by atoms with Gasteiger partial charge in [-0.15, -0.1) is 0 Å². The van der Waals surface area contributed by atoms with Crippen molar-refractivity contribution in [2.75, 3.05) is 26.6 Å². The van der Waals surface area contributed by atoms with Crippen LogP contribution < -0.4 is 19.5 Å². The SMILES string of the molecule is COc1cc2c(c(OC)c1OC)[C@H](c1ccc(Br)cc1)CC(=O)N2. The molecule has 0 fully saturated rings. The Labute approximate surface area is 149 Å². The van der Waals surface area contributed by atoms with Crippen molar-refractivity contribution >= 4 is 27.5 Å². The molecule has 0 bridgehead atoms. The maximum Gasteiger partial charge on any atom is 0.225 e. The fourth-order valence-corrected chi connectivity index (χ4v) is 3.36. The average molecular weight is 392 g/mol. The molecule has 1 aliphatic heterocycles. The number of carbonyl (C=O) groups is 1. The number of nitrogens with one attached hydrogen (secondary N) is 1. The Balaban J connectivity index is 2.23. The molecule has 0 radical (unpaired) electrons. The van der Waals surface area contributed by atoms with Gasteiger partial charge in [0.05, 0.1) is 27.0 Å². The highest BCUT2D eigenvalue weighted by molar-refractivity contribution is 9.10. The van der Waals surface area contributed by atoms with E-state index in [-0.39, 0.29) is 11.8 Å². The molecule has 0 spiro atoms. The second-order valence-corrected chi connectivity index (χ2v) is 6.38. The minimum Gasteiger partial charge on any atom is -0.493 e. The third-order valence-electron chi connectivity index (χ3n) is 4.15. The van der Waals surface area contributed by atoms with E-state index in [0.29, 0.717) is 29.4 Å². The van der Waals surface area contributed by atoms with Gasteiger partial charge in [-0.1, -0.05) is 28.1 Å². The van der Waals surface area contributed by atoms with Crippen LogP contribution in [0, 0.1) is 0 Å². The second-order valence-electron chi connectivity index (χ2n) is 5.46. The molecule has 0 saturated carbocycles.